The minimum absolute atomic E-state index is 0. The second-order valence-corrected chi connectivity index (χ2v) is 5.92. The number of hydrogen-bond acceptors (Lipinski definition) is 1. The fraction of sp³-hybridized carbons (Fsp3) is 0.933. The van der Waals surface area contributed by atoms with E-state index < -0.39 is 0 Å². The Labute approximate surface area is 135 Å². The van der Waals surface area contributed by atoms with E-state index in [1.807, 2.05) is 0 Å². The summed E-state index contributed by atoms with van der Waals surface area (Å²) in [6.45, 7) is 8.88. The van der Waals surface area contributed by atoms with Gasteiger partial charge in [-0.2, -0.15) is 0 Å². The van der Waals surface area contributed by atoms with Crippen LogP contribution in [0.2, 0.25) is 0 Å². The van der Waals surface area contributed by atoms with Crippen molar-refractivity contribution in [3.05, 3.63) is 0 Å². The monoisotopic (exact) mass is 379 g/mol. The van der Waals surface area contributed by atoms with Crippen LogP contribution in [-0.4, -0.2) is 37.0 Å². The summed E-state index contributed by atoms with van der Waals surface area (Å²) < 4.78 is 0. The average molecular weight is 379 g/mol. The maximum atomic E-state index is 4.95. The average Bonchev–Trinajstić information content (AvgIpc) is 3.06. The first-order valence-electron chi connectivity index (χ1n) is 7.83. The van der Waals surface area contributed by atoms with Crippen molar-refractivity contribution in [1.82, 2.24) is 10.2 Å². The van der Waals surface area contributed by atoms with Crippen molar-refractivity contribution in [3.63, 3.8) is 0 Å². The first-order chi connectivity index (χ1) is 8.79. The van der Waals surface area contributed by atoms with E-state index in [0.717, 1.165) is 19.0 Å². The second kappa shape index (κ2) is 8.32. The van der Waals surface area contributed by atoms with Crippen molar-refractivity contribution in [2.24, 2.45) is 10.4 Å². The minimum atomic E-state index is 0. The summed E-state index contributed by atoms with van der Waals surface area (Å²) in [4.78, 5) is 7.38. The number of halogens is 1. The summed E-state index contributed by atoms with van der Waals surface area (Å²) in [5.74, 6) is 1.16. The maximum Gasteiger partial charge on any atom is 0.193 e. The summed E-state index contributed by atoms with van der Waals surface area (Å²) in [6.07, 6.45) is 9.51. The molecule has 4 heteroatoms. The van der Waals surface area contributed by atoms with Gasteiger partial charge in [0.15, 0.2) is 5.96 Å². The van der Waals surface area contributed by atoms with Crippen LogP contribution in [0.15, 0.2) is 4.99 Å². The van der Waals surface area contributed by atoms with Gasteiger partial charge >= 0.3 is 0 Å². The van der Waals surface area contributed by atoms with Crippen molar-refractivity contribution in [1.29, 1.82) is 0 Å². The Hall–Kier alpha value is 0. The smallest absolute Gasteiger partial charge is 0.193 e. The molecule has 0 atom stereocenters. The normalized spacial score (nSPS) is 22.4. The zero-order valence-electron chi connectivity index (χ0n) is 12.6. The van der Waals surface area contributed by atoms with Crippen LogP contribution in [-0.2, 0) is 0 Å². The van der Waals surface area contributed by atoms with Crippen molar-refractivity contribution in [2.75, 3.05) is 26.2 Å². The molecule has 0 unspecified atom stereocenters. The molecule has 112 valence electrons. The van der Waals surface area contributed by atoms with Gasteiger partial charge in [0.05, 0.1) is 0 Å². The molecule has 1 heterocycles. The van der Waals surface area contributed by atoms with Gasteiger partial charge in [-0.05, 0) is 44.4 Å². The van der Waals surface area contributed by atoms with E-state index >= 15 is 0 Å². The number of likely N-dealkylation sites (tertiary alicyclic amines) is 1. The molecule has 1 aliphatic carbocycles. The van der Waals surface area contributed by atoms with Gasteiger partial charge in [-0.1, -0.05) is 19.8 Å². The van der Waals surface area contributed by atoms with Crippen LogP contribution in [0.1, 0.15) is 58.8 Å². The molecule has 0 bridgehead atoms. The third kappa shape index (κ3) is 4.50. The molecule has 3 nitrogen and oxygen atoms in total. The number of guanidine groups is 1. The van der Waals surface area contributed by atoms with Crippen LogP contribution in [0.4, 0.5) is 0 Å². The zero-order valence-corrected chi connectivity index (χ0v) is 14.9. The molecule has 0 aromatic carbocycles. The molecule has 0 aromatic rings. The lowest BCUT2D eigenvalue weighted by Crippen LogP contribution is -2.40. The highest BCUT2D eigenvalue weighted by molar-refractivity contribution is 14.0. The Balaban J connectivity index is 0.00000180. The molecule has 1 N–H and O–H groups in total. The van der Waals surface area contributed by atoms with Crippen LogP contribution in [0.3, 0.4) is 0 Å². The zero-order chi connectivity index (χ0) is 12.8. The van der Waals surface area contributed by atoms with Crippen LogP contribution >= 0.6 is 24.0 Å². The van der Waals surface area contributed by atoms with Crippen LogP contribution in [0, 0.1) is 5.41 Å². The number of aliphatic imine (C=N–C) groups is 1. The fourth-order valence-corrected chi connectivity index (χ4v) is 3.35. The molecule has 2 rings (SSSR count). The fourth-order valence-electron chi connectivity index (χ4n) is 3.35. The minimum Gasteiger partial charge on any atom is -0.357 e. The molecule has 1 saturated heterocycles. The third-order valence-electron chi connectivity index (χ3n) is 4.72. The topological polar surface area (TPSA) is 27.6 Å². The highest BCUT2D eigenvalue weighted by Gasteiger charge is 2.32. The summed E-state index contributed by atoms with van der Waals surface area (Å²) in [5.41, 5.74) is 0.514. The Bertz CT molecular complexity index is 279. The number of hydrogen-bond donors (Lipinski definition) is 1. The summed E-state index contributed by atoms with van der Waals surface area (Å²) in [6, 6.07) is 0. The molecular weight excluding hydrogens is 349 g/mol. The van der Waals surface area contributed by atoms with E-state index in [9.17, 15) is 0 Å². The molecular formula is C15H30IN3. The molecule has 0 aromatic heterocycles. The molecule has 19 heavy (non-hydrogen) atoms. The molecule has 1 saturated carbocycles. The standard InChI is InChI=1S/C15H29N3.HI/c1-3-15(9-5-6-10-15)13-17-14(16-4-2)18-11-7-8-12-18;/h3-13H2,1-2H3,(H,16,17);1H. The van der Waals surface area contributed by atoms with Crippen molar-refractivity contribution in [2.45, 2.75) is 58.8 Å². The largest absolute Gasteiger partial charge is 0.357 e. The predicted octanol–water partition coefficient (Wildman–Crippen LogP) is 3.64. The molecule has 1 aliphatic heterocycles. The van der Waals surface area contributed by atoms with Gasteiger partial charge in [0.1, 0.15) is 0 Å². The lowest BCUT2D eigenvalue weighted by atomic mass is 9.84. The van der Waals surface area contributed by atoms with Crippen molar-refractivity contribution >= 4 is 29.9 Å². The second-order valence-electron chi connectivity index (χ2n) is 5.92. The van der Waals surface area contributed by atoms with Gasteiger partial charge in [-0.15, -0.1) is 24.0 Å². The van der Waals surface area contributed by atoms with E-state index in [4.69, 9.17) is 4.99 Å². The number of nitrogens with zero attached hydrogens (tertiary/aromatic N) is 2. The summed E-state index contributed by atoms with van der Waals surface area (Å²) in [7, 11) is 0. The van der Waals surface area contributed by atoms with Crippen LogP contribution in [0.25, 0.3) is 0 Å². The Morgan fingerprint density at radius 3 is 2.26 bits per heavy atom. The molecule has 0 spiro atoms. The van der Waals surface area contributed by atoms with Crippen molar-refractivity contribution < 1.29 is 0 Å². The summed E-state index contributed by atoms with van der Waals surface area (Å²) >= 11 is 0. The van der Waals surface area contributed by atoms with Gasteiger partial charge in [0.25, 0.3) is 0 Å². The van der Waals surface area contributed by atoms with E-state index in [1.165, 1.54) is 58.0 Å². The SMILES string of the molecule is CCNC(=NCC1(CC)CCCC1)N1CCCC1.I. The van der Waals surface area contributed by atoms with E-state index in [2.05, 4.69) is 24.1 Å². The highest BCUT2D eigenvalue weighted by atomic mass is 127. The highest BCUT2D eigenvalue weighted by Crippen LogP contribution is 2.41. The van der Waals surface area contributed by atoms with E-state index in [1.54, 1.807) is 0 Å². The molecule has 0 radical (unpaired) electrons. The van der Waals surface area contributed by atoms with Crippen LogP contribution < -0.4 is 5.32 Å². The predicted molar refractivity (Wildman–Crippen MR) is 93.4 cm³/mol. The molecule has 0 amide bonds. The van der Waals surface area contributed by atoms with E-state index in [0.29, 0.717) is 5.41 Å². The third-order valence-corrected chi connectivity index (χ3v) is 4.72. The lowest BCUT2D eigenvalue weighted by Gasteiger charge is -2.27. The van der Waals surface area contributed by atoms with Gasteiger partial charge in [0.2, 0.25) is 0 Å². The van der Waals surface area contributed by atoms with Gasteiger partial charge in [-0.25, -0.2) is 0 Å². The first kappa shape index (κ1) is 17.1. The Morgan fingerprint density at radius 2 is 1.74 bits per heavy atom. The Kier molecular flexibility index (Phi) is 7.47. The van der Waals surface area contributed by atoms with Gasteiger partial charge in [0, 0.05) is 26.2 Å². The van der Waals surface area contributed by atoms with Crippen LogP contribution in [0.5, 0.6) is 0 Å². The van der Waals surface area contributed by atoms with Gasteiger partial charge in [-0.3, -0.25) is 4.99 Å². The van der Waals surface area contributed by atoms with E-state index in [-0.39, 0.29) is 24.0 Å². The Morgan fingerprint density at radius 1 is 1.11 bits per heavy atom. The number of nitrogens with one attached hydrogen (secondary N) is 1. The van der Waals surface area contributed by atoms with Crippen molar-refractivity contribution in [3.8, 4) is 0 Å². The quantitative estimate of drug-likeness (QED) is 0.459. The number of rotatable bonds is 4. The maximum absolute atomic E-state index is 4.95. The lowest BCUT2D eigenvalue weighted by molar-refractivity contribution is 0.295. The van der Waals surface area contributed by atoms with Gasteiger partial charge < -0.3 is 10.2 Å². The summed E-state index contributed by atoms with van der Waals surface area (Å²) in [5, 5.41) is 3.47. The molecule has 2 aliphatic rings. The molecule has 2 fully saturated rings. The first-order valence-corrected chi connectivity index (χ1v) is 7.83.